The van der Waals surface area contributed by atoms with Crippen LogP contribution in [0.15, 0.2) is 35.4 Å². The van der Waals surface area contributed by atoms with Gasteiger partial charge in [-0.05, 0) is 11.1 Å². The Bertz CT molecular complexity index is 508. The molecule has 120 valence electrons. The highest BCUT2D eigenvalue weighted by atomic mass is 16.7. The second kappa shape index (κ2) is 8.09. The number of hydrogen-bond acceptors (Lipinski definition) is 6. The number of azide groups is 1. The summed E-state index contributed by atoms with van der Waals surface area (Å²) in [6.45, 7) is 0.165. The van der Waals surface area contributed by atoms with Gasteiger partial charge in [0, 0.05) is 12.0 Å². The molecular formula is C14H19N3O5. The standard InChI is InChI=1S/C14H19N3O5/c1-20-13-12(19)11(18)10(7-16-17-15)22-14(13)21-8-9-5-3-2-4-6-9/h2-6,10-14,18-19H,7-8H2,1H3. The van der Waals surface area contributed by atoms with E-state index in [2.05, 4.69) is 10.0 Å². The molecule has 0 bridgehead atoms. The van der Waals surface area contributed by atoms with Gasteiger partial charge in [-0.2, -0.15) is 0 Å². The number of aliphatic hydroxyl groups is 2. The van der Waals surface area contributed by atoms with Crippen LogP contribution in [0.3, 0.4) is 0 Å². The Morgan fingerprint density at radius 2 is 2.00 bits per heavy atom. The van der Waals surface area contributed by atoms with Crippen molar-refractivity contribution < 1.29 is 24.4 Å². The average Bonchev–Trinajstić information content (AvgIpc) is 2.55. The van der Waals surface area contributed by atoms with Crippen LogP contribution in [0.25, 0.3) is 10.4 Å². The largest absolute Gasteiger partial charge is 0.388 e. The lowest BCUT2D eigenvalue weighted by Crippen LogP contribution is -2.59. The number of hydrogen-bond donors (Lipinski definition) is 2. The van der Waals surface area contributed by atoms with Gasteiger partial charge in [0.2, 0.25) is 0 Å². The minimum Gasteiger partial charge on any atom is -0.388 e. The smallest absolute Gasteiger partial charge is 0.187 e. The van der Waals surface area contributed by atoms with Crippen LogP contribution in [0.5, 0.6) is 0 Å². The molecule has 1 saturated heterocycles. The van der Waals surface area contributed by atoms with Crippen molar-refractivity contribution in [3.63, 3.8) is 0 Å². The Morgan fingerprint density at radius 3 is 2.64 bits per heavy atom. The first-order valence-electron chi connectivity index (χ1n) is 6.88. The third kappa shape index (κ3) is 3.95. The molecule has 5 unspecified atom stereocenters. The Kier molecular flexibility index (Phi) is 6.14. The van der Waals surface area contributed by atoms with Crippen LogP contribution in [-0.4, -0.2) is 54.6 Å². The molecule has 2 N–H and O–H groups in total. The zero-order valence-electron chi connectivity index (χ0n) is 12.1. The van der Waals surface area contributed by atoms with E-state index >= 15 is 0 Å². The van der Waals surface area contributed by atoms with Gasteiger partial charge in [0.1, 0.15) is 18.3 Å². The number of rotatable bonds is 6. The number of methoxy groups -OCH3 is 1. The molecule has 0 radical (unpaired) electrons. The molecule has 0 amide bonds. The van der Waals surface area contributed by atoms with E-state index in [4.69, 9.17) is 19.7 Å². The summed E-state index contributed by atoms with van der Waals surface area (Å²) in [7, 11) is 1.40. The van der Waals surface area contributed by atoms with Crippen molar-refractivity contribution >= 4 is 0 Å². The predicted molar refractivity (Wildman–Crippen MR) is 76.7 cm³/mol. The van der Waals surface area contributed by atoms with Gasteiger partial charge >= 0.3 is 0 Å². The summed E-state index contributed by atoms with van der Waals surface area (Å²) in [4.78, 5) is 2.63. The van der Waals surface area contributed by atoms with Crippen molar-refractivity contribution in [2.24, 2.45) is 5.11 Å². The van der Waals surface area contributed by atoms with Crippen molar-refractivity contribution in [2.45, 2.75) is 37.3 Å². The zero-order valence-corrected chi connectivity index (χ0v) is 12.1. The van der Waals surface area contributed by atoms with Crippen LogP contribution >= 0.6 is 0 Å². The van der Waals surface area contributed by atoms with Crippen LogP contribution in [-0.2, 0) is 20.8 Å². The van der Waals surface area contributed by atoms with Gasteiger partial charge in [0.25, 0.3) is 0 Å². The van der Waals surface area contributed by atoms with Gasteiger partial charge in [-0.25, -0.2) is 0 Å². The second-order valence-electron chi connectivity index (χ2n) is 4.93. The van der Waals surface area contributed by atoms with Crippen molar-refractivity contribution in [2.75, 3.05) is 13.7 Å². The number of nitrogens with zero attached hydrogens (tertiary/aromatic N) is 3. The van der Waals surface area contributed by atoms with E-state index < -0.39 is 30.7 Å². The van der Waals surface area contributed by atoms with Gasteiger partial charge in [0.05, 0.1) is 19.3 Å². The predicted octanol–water partition coefficient (Wildman–Crippen LogP) is 0.975. The molecule has 1 aliphatic heterocycles. The molecule has 0 saturated carbocycles. The fourth-order valence-corrected chi connectivity index (χ4v) is 2.31. The normalized spacial score (nSPS) is 31.5. The first-order chi connectivity index (χ1) is 10.7. The summed E-state index contributed by atoms with van der Waals surface area (Å²) in [5, 5.41) is 23.5. The maximum Gasteiger partial charge on any atom is 0.187 e. The van der Waals surface area contributed by atoms with Crippen molar-refractivity contribution in [3.8, 4) is 0 Å². The highest BCUT2D eigenvalue weighted by molar-refractivity contribution is 5.13. The van der Waals surface area contributed by atoms with E-state index in [0.29, 0.717) is 0 Å². The maximum absolute atomic E-state index is 10.1. The monoisotopic (exact) mass is 309 g/mol. The summed E-state index contributed by atoms with van der Waals surface area (Å²) < 4.78 is 16.4. The van der Waals surface area contributed by atoms with Crippen LogP contribution < -0.4 is 0 Å². The molecule has 1 aromatic rings. The molecule has 22 heavy (non-hydrogen) atoms. The minimum absolute atomic E-state index is 0.101. The van der Waals surface area contributed by atoms with Crippen molar-refractivity contribution in [1.82, 2.24) is 0 Å². The molecule has 8 nitrogen and oxygen atoms in total. The Balaban J connectivity index is 2.03. The van der Waals surface area contributed by atoms with Crippen molar-refractivity contribution in [1.29, 1.82) is 0 Å². The first-order valence-corrected chi connectivity index (χ1v) is 6.88. The van der Waals surface area contributed by atoms with Crippen LogP contribution in [0, 0.1) is 0 Å². The van der Waals surface area contributed by atoms with Gasteiger partial charge in [-0.15, -0.1) is 0 Å². The number of aliphatic hydroxyl groups excluding tert-OH is 2. The fraction of sp³-hybridized carbons (Fsp3) is 0.571. The Morgan fingerprint density at radius 1 is 1.27 bits per heavy atom. The second-order valence-corrected chi connectivity index (χ2v) is 4.93. The summed E-state index contributed by atoms with van der Waals surface area (Å²) in [5.74, 6) is 0. The van der Waals surface area contributed by atoms with E-state index in [1.54, 1.807) is 0 Å². The molecule has 1 aromatic carbocycles. The highest BCUT2D eigenvalue weighted by Crippen LogP contribution is 2.25. The Labute approximate surface area is 127 Å². The molecule has 8 heteroatoms. The highest BCUT2D eigenvalue weighted by Gasteiger charge is 2.45. The van der Waals surface area contributed by atoms with E-state index in [1.807, 2.05) is 30.3 Å². The molecule has 1 fully saturated rings. The van der Waals surface area contributed by atoms with Crippen LogP contribution in [0.2, 0.25) is 0 Å². The Hall–Kier alpha value is -1.67. The zero-order chi connectivity index (χ0) is 15.9. The maximum atomic E-state index is 10.1. The molecule has 0 aromatic heterocycles. The lowest BCUT2D eigenvalue weighted by molar-refractivity contribution is -0.302. The molecule has 1 aliphatic rings. The number of benzene rings is 1. The minimum atomic E-state index is -1.22. The van der Waals surface area contributed by atoms with Gasteiger partial charge < -0.3 is 24.4 Å². The summed E-state index contributed by atoms with van der Waals surface area (Å²) in [6, 6.07) is 9.46. The molecule has 1 heterocycles. The lowest BCUT2D eigenvalue weighted by Gasteiger charge is -2.41. The average molecular weight is 309 g/mol. The summed E-state index contributed by atoms with van der Waals surface area (Å²) in [6.07, 6.45) is -4.97. The van der Waals surface area contributed by atoms with E-state index in [-0.39, 0.29) is 13.2 Å². The quantitative estimate of drug-likeness (QED) is 0.461. The van der Waals surface area contributed by atoms with Gasteiger partial charge in [-0.3, -0.25) is 0 Å². The van der Waals surface area contributed by atoms with E-state index in [0.717, 1.165) is 5.56 Å². The topological polar surface area (TPSA) is 117 Å². The number of ether oxygens (including phenoxy) is 3. The van der Waals surface area contributed by atoms with Crippen molar-refractivity contribution in [3.05, 3.63) is 46.3 Å². The van der Waals surface area contributed by atoms with Gasteiger partial charge in [-0.1, -0.05) is 35.4 Å². The van der Waals surface area contributed by atoms with E-state index in [1.165, 1.54) is 7.11 Å². The third-order valence-electron chi connectivity index (χ3n) is 3.50. The van der Waals surface area contributed by atoms with Gasteiger partial charge in [0.15, 0.2) is 6.29 Å². The summed E-state index contributed by atoms with van der Waals surface area (Å²) in [5.41, 5.74) is 9.31. The van der Waals surface area contributed by atoms with Crippen LogP contribution in [0.1, 0.15) is 5.56 Å². The summed E-state index contributed by atoms with van der Waals surface area (Å²) >= 11 is 0. The molecular weight excluding hydrogens is 290 g/mol. The lowest BCUT2D eigenvalue weighted by atomic mass is 9.99. The molecule has 5 atom stereocenters. The van der Waals surface area contributed by atoms with Crippen LogP contribution in [0.4, 0.5) is 0 Å². The fourth-order valence-electron chi connectivity index (χ4n) is 2.31. The SMILES string of the molecule is COC1C(OCc2ccccc2)OC(CN=[N+]=[N-])C(O)C1O. The third-order valence-corrected chi connectivity index (χ3v) is 3.50. The molecule has 0 aliphatic carbocycles. The van der Waals surface area contributed by atoms with E-state index in [9.17, 15) is 10.2 Å². The first kappa shape index (κ1) is 16.7. The molecule has 2 rings (SSSR count). The molecule has 0 spiro atoms.